The molecule has 4 aromatic rings. The molecule has 146 valence electrons. The summed E-state index contributed by atoms with van der Waals surface area (Å²) in [6, 6.07) is 15.1. The standard InChI is InChI=1S/C22H19N3O3S/c1-3-25-21(26)18-7-5-4-6-17(18)19(24-25)22(27)28-12-16-13-29-20(23-16)15-10-8-14(2)9-11-15/h4-11,13H,3,12H2,1-2H3. The summed E-state index contributed by atoms with van der Waals surface area (Å²) in [5.41, 5.74) is 2.80. The fourth-order valence-electron chi connectivity index (χ4n) is 3.01. The number of benzene rings is 2. The van der Waals surface area contributed by atoms with Crippen molar-refractivity contribution in [3.8, 4) is 10.6 Å². The lowest BCUT2D eigenvalue weighted by atomic mass is 10.1. The Labute approximate surface area is 171 Å². The summed E-state index contributed by atoms with van der Waals surface area (Å²) in [5.74, 6) is -0.576. The van der Waals surface area contributed by atoms with Crippen LogP contribution in [0.4, 0.5) is 0 Å². The van der Waals surface area contributed by atoms with Crippen LogP contribution in [0.2, 0.25) is 0 Å². The van der Waals surface area contributed by atoms with E-state index >= 15 is 0 Å². The van der Waals surface area contributed by atoms with Crippen molar-refractivity contribution in [1.29, 1.82) is 0 Å². The molecule has 0 N–H and O–H groups in total. The lowest BCUT2D eigenvalue weighted by Gasteiger charge is -2.09. The number of hydrogen-bond donors (Lipinski definition) is 0. The van der Waals surface area contributed by atoms with Crippen molar-refractivity contribution in [1.82, 2.24) is 14.8 Å². The lowest BCUT2D eigenvalue weighted by Crippen LogP contribution is -2.25. The first-order valence-corrected chi connectivity index (χ1v) is 10.1. The first kappa shape index (κ1) is 19.0. The first-order valence-electron chi connectivity index (χ1n) is 9.25. The number of thiazole rings is 1. The zero-order valence-corrected chi connectivity index (χ0v) is 16.9. The second-order valence-electron chi connectivity index (χ2n) is 6.60. The Kier molecular flexibility index (Phi) is 5.22. The number of rotatable bonds is 5. The molecule has 0 unspecified atom stereocenters. The average molecular weight is 405 g/mol. The molecule has 2 aromatic carbocycles. The minimum Gasteiger partial charge on any atom is -0.454 e. The fraction of sp³-hybridized carbons (Fsp3) is 0.182. The molecule has 0 saturated carbocycles. The van der Waals surface area contributed by atoms with Crippen LogP contribution in [0, 0.1) is 6.92 Å². The van der Waals surface area contributed by atoms with Gasteiger partial charge >= 0.3 is 5.97 Å². The molecular formula is C22H19N3O3S. The number of nitrogens with zero attached hydrogens (tertiary/aromatic N) is 3. The number of carbonyl (C=O) groups excluding carboxylic acids is 1. The number of ether oxygens (including phenoxy) is 1. The topological polar surface area (TPSA) is 74.1 Å². The summed E-state index contributed by atoms with van der Waals surface area (Å²) in [6.45, 7) is 4.26. The van der Waals surface area contributed by atoms with Crippen LogP contribution in [-0.4, -0.2) is 20.7 Å². The molecule has 0 saturated heterocycles. The largest absolute Gasteiger partial charge is 0.454 e. The zero-order chi connectivity index (χ0) is 20.4. The van der Waals surface area contributed by atoms with Crippen molar-refractivity contribution in [2.75, 3.05) is 0 Å². The minimum absolute atomic E-state index is 0.0441. The van der Waals surface area contributed by atoms with Crippen molar-refractivity contribution in [3.05, 3.63) is 81.2 Å². The van der Waals surface area contributed by atoms with Crippen LogP contribution in [0.1, 0.15) is 28.7 Å². The molecule has 0 aliphatic rings. The molecule has 0 radical (unpaired) electrons. The highest BCUT2D eigenvalue weighted by Gasteiger charge is 2.18. The van der Waals surface area contributed by atoms with E-state index in [0.29, 0.717) is 23.0 Å². The highest BCUT2D eigenvalue weighted by atomic mass is 32.1. The molecule has 2 heterocycles. The maximum atomic E-state index is 12.7. The van der Waals surface area contributed by atoms with E-state index in [-0.39, 0.29) is 17.9 Å². The van der Waals surface area contributed by atoms with E-state index in [0.717, 1.165) is 10.6 Å². The monoisotopic (exact) mass is 405 g/mol. The Hall–Kier alpha value is -3.32. The van der Waals surface area contributed by atoms with Gasteiger partial charge in [0.25, 0.3) is 5.56 Å². The summed E-state index contributed by atoms with van der Waals surface area (Å²) < 4.78 is 6.73. The molecule has 0 atom stereocenters. The first-order chi connectivity index (χ1) is 14.1. The van der Waals surface area contributed by atoms with Gasteiger partial charge in [0, 0.05) is 22.9 Å². The molecule has 0 aliphatic carbocycles. The number of aryl methyl sites for hydroxylation is 2. The van der Waals surface area contributed by atoms with Gasteiger partial charge in [0.2, 0.25) is 0 Å². The number of aromatic nitrogens is 3. The quantitative estimate of drug-likeness (QED) is 0.465. The number of hydrogen-bond acceptors (Lipinski definition) is 6. The van der Waals surface area contributed by atoms with Gasteiger partial charge in [-0.3, -0.25) is 4.79 Å². The predicted octanol–water partition coefficient (Wildman–Crippen LogP) is 4.21. The normalized spacial score (nSPS) is 11.0. The van der Waals surface area contributed by atoms with Crippen LogP contribution in [0.3, 0.4) is 0 Å². The smallest absolute Gasteiger partial charge is 0.359 e. The van der Waals surface area contributed by atoms with E-state index in [1.165, 1.54) is 21.6 Å². The minimum atomic E-state index is -0.576. The van der Waals surface area contributed by atoms with Gasteiger partial charge in [-0.15, -0.1) is 11.3 Å². The van der Waals surface area contributed by atoms with Crippen LogP contribution >= 0.6 is 11.3 Å². The van der Waals surface area contributed by atoms with Crippen LogP contribution in [0.25, 0.3) is 21.3 Å². The summed E-state index contributed by atoms with van der Waals surface area (Å²) in [4.78, 5) is 29.7. The van der Waals surface area contributed by atoms with E-state index < -0.39 is 5.97 Å². The Balaban J connectivity index is 1.56. The second-order valence-corrected chi connectivity index (χ2v) is 7.46. The Morgan fingerprint density at radius 2 is 1.83 bits per heavy atom. The van der Waals surface area contributed by atoms with E-state index in [1.54, 1.807) is 31.2 Å². The van der Waals surface area contributed by atoms with Crippen molar-refractivity contribution >= 4 is 28.1 Å². The summed E-state index contributed by atoms with van der Waals surface area (Å²) in [7, 11) is 0. The van der Waals surface area contributed by atoms with Gasteiger partial charge in [-0.1, -0.05) is 48.0 Å². The highest BCUT2D eigenvalue weighted by molar-refractivity contribution is 7.13. The van der Waals surface area contributed by atoms with Crippen LogP contribution in [0.5, 0.6) is 0 Å². The molecule has 4 rings (SSSR count). The third kappa shape index (κ3) is 3.82. The van der Waals surface area contributed by atoms with Gasteiger partial charge in [0.15, 0.2) is 5.69 Å². The molecule has 0 fully saturated rings. The number of esters is 1. The molecule has 2 aromatic heterocycles. The third-order valence-electron chi connectivity index (χ3n) is 4.56. The Morgan fingerprint density at radius 1 is 1.10 bits per heavy atom. The molecule has 0 spiro atoms. The maximum absolute atomic E-state index is 12.7. The summed E-state index contributed by atoms with van der Waals surface area (Å²) >= 11 is 1.50. The molecule has 29 heavy (non-hydrogen) atoms. The highest BCUT2D eigenvalue weighted by Crippen LogP contribution is 2.24. The molecular weight excluding hydrogens is 386 g/mol. The molecule has 7 heteroatoms. The summed E-state index contributed by atoms with van der Waals surface area (Å²) in [6.07, 6.45) is 0. The van der Waals surface area contributed by atoms with E-state index in [1.807, 2.05) is 36.6 Å². The molecule has 0 amide bonds. The van der Waals surface area contributed by atoms with Crippen molar-refractivity contribution < 1.29 is 9.53 Å². The SMILES string of the molecule is CCn1nc(C(=O)OCc2csc(-c3ccc(C)cc3)n2)c2ccccc2c1=O. The van der Waals surface area contributed by atoms with Gasteiger partial charge < -0.3 is 4.74 Å². The second kappa shape index (κ2) is 7.97. The van der Waals surface area contributed by atoms with Gasteiger partial charge in [0.1, 0.15) is 11.6 Å². The van der Waals surface area contributed by atoms with Gasteiger partial charge in [0.05, 0.1) is 11.1 Å². The van der Waals surface area contributed by atoms with Crippen molar-refractivity contribution in [2.45, 2.75) is 27.0 Å². The molecule has 0 aliphatic heterocycles. The van der Waals surface area contributed by atoms with Crippen LogP contribution < -0.4 is 5.56 Å². The lowest BCUT2D eigenvalue weighted by molar-refractivity contribution is 0.0461. The molecule has 6 nitrogen and oxygen atoms in total. The van der Waals surface area contributed by atoms with E-state index in [9.17, 15) is 9.59 Å². The average Bonchev–Trinajstić information content (AvgIpc) is 3.22. The van der Waals surface area contributed by atoms with Gasteiger partial charge in [-0.25, -0.2) is 14.5 Å². The fourth-order valence-corrected chi connectivity index (χ4v) is 3.82. The molecule has 0 bridgehead atoms. The zero-order valence-electron chi connectivity index (χ0n) is 16.1. The maximum Gasteiger partial charge on any atom is 0.359 e. The number of carbonyl (C=O) groups is 1. The van der Waals surface area contributed by atoms with E-state index in [2.05, 4.69) is 10.1 Å². The van der Waals surface area contributed by atoms with E-state index in [4.69, 9.17) is 4.74 Å². The Morgan fingerprint density at radius 3 is 2.55 bits per heavy atom. The van der Waals surface area contributed by atoms with Crippen molar-refractivity contribution in [2.24, 2.45) is 0 Å². The predicted molar refractivity (Wildman–Crippen MR) is 113 cm³/mol. The van der Waals surface area contributed by atoms with Gasteiger partial charge in [-0.2, -0.15) is 5.10 Å². The van der Waals surface area contributed by atoms with Gasteiger partial charge in [-0.05, 0) is 19.9 Å². The summed E-state index contributed by atoms with van der Waals surface area (Å²) in [5, 5.41) is 7.90. The third-order valence-corrected chi connectivity index (χ3v) is 5.50. The van der Waals surface area contributed by atoms with Crippen LogP contribution in [0.15, 0.2) is 58.7 Å². The Bertz CT molecular complexity index is 1240. The number of fused-ring (bicyclic) bond motifs is 1. The van der Waals surface area contributed by atoms with Crippen molar-refractivity contribution in [3.63, 3.8) is 0 Å². The van der Waals surface area contributed by atoms with Crippen LogP contribution in [-0.2, 0) is 17.9 Å².